The van der Waals surface area contributed by atoms with E-state index in [0.29, 0.717) is 10.4 Å². The van der Waals surface area contributed by atoms with Crippen LogP contribution in [0.15, 0.2) is 22.7 Å². The van der Waals surface area contributed by atoms with Gasteiger partial charge in [0.1, 0.15) is 5.82 Å². The highest BCUT2D eigenvalue weighted by Gasteiger charge is 2.27. The standard InChI is InChI=1S/C15H21BrFNO/c1-2-7-18-10-12-4-3-8-19-15(12)11-5-6-14(17)13(16)9-11/h5-6,9,12,15,18H,2-4,7-8,10H2,1H3. The van der Waals surface area contributed by atoms with Crippen LogP contribution in [0.5, 0.6) is 0 Å². The molecule has 1 aromatic carbocycles. The predicted molar refractivity (Wildman–Crippen MR) is 78.7 cm³/mol. The number of halogens is 2. The van der Waals surface area contributed by atoms with Crippen molar-refractivity contribution in [2.24, 2.45) is 5.92 Å². The van der Waals surface area contributed by atoms with Crippen molar-refractivity contribution in [1.82, 2.24) is 5.32 Å². The van der Waals surface area contributed by atoms with Gasteiger partial charge in [-0.15, -0.1) is 0 Å². The van der Waals surface area contributed by atoms with Gasteiger partial charge in [0.2, 0.25) is 0 Å². The number of hydrogen-bond donors (Lipinski definition) is 1. The quantitative estimate of drug-likeness (QED) is 0.822. The summed E-state index contributed by atoms with van der Waals surface area (Å²) in [4.78, 5) is 0. The molecule has 0 amide bonds. The number of benzene rings is 1. The number of hydrogen-bond acceptors (Lipinski definition) is 2. The molecule has 1 saturated heterocycles. The third-order valence-electron chi connectivity index (χ3n) is 3.55. The van der Waals surface area contributed by atoms with E-state index in [4.69, 9.17) is 4.74 Å². The van der Waals surface area contributed by atoms with Gasteiger partial charge in [-0.25, -0.2) is 4.39 Å². The first-order valence-electron chi connectivity index (χ1n) is 6.99. The molecular weight excluding hydrogens is 309 g/mol. The van der Waals surface area contributed by atoms with Gasteiger partial charge in [0.05, 0.1) is 10.6 Å². The van der Waals surface area contributed by atoms with E-state index in [1.165, 1.54) is 6.07 Å². The van der Waals surface area contributed by atoms with Crippen LogP contribution in [0, 0.1) is 11.7 Å². The van der Waals surface area contributed by atoms with E-state index < -0.39 is 0 Å². The number of rotatable bonds is 5. The minimum atomic E-state index is -0.222. The van der Waals surface area contributed by atoms with E-state index in [1.54, 1.807) is 0 Å². The number of ether oxygens (including phenoxy) is 1. The van der Waals surface area contributed by atoms with Crippen LogP contribution in [-0.2, 0) is 4.74 Å². The highest BCUT2D eigenvalue weighted by molar-refractivity contribution is 9.10. The van der Waals surface area contributed by atoms with Crippen molar-refractivity contribution in [1.29, 1.82) is 0 Å². The average molecular weight is 330 g/mol. The Morgan fingerprint density at radius 3 is 3.05 bits per heavy atom. The van der Waals surface area contributed by atoms with Crippen molar-refractivity contribution in [3.63, 3.8) is 0 Å². The molecule has 1 aromatic rings. The molecule has 2 atom stereocenters. The van der Waals surface area contributed by atoms with Gasteiger partial charge in [0.15, 0.2) is 0 Å². The van der Waals surface area contributed by atoms with Gasteiger partial charge in [-0.05, 0) is 59.4 Å². The summed E-state index contributed by atoms with van der Waals surface area (Å²) < 4.78 is 19.7. The van der Waals surface area contributed by atoms with E-state index in [9.17, 15) is 4.39 Å². The van der Waals surface area contributed by atoms with Crippen LogP contribution >= 0.6 is 15.9 Å². The molecule has 0 bridgehead atoms. The van der Waals surface area contributed by atoms with Crippen LogP contribution in [0.4, 0.5) is 4.39 Å². The molecule has 0 spiro atoms. The first-order chi connectivity index (χ1) is 9.22. The van der Waals surface area contributed by atoms with Crippen LogP contribution in [-0.4, -0.2) is 19.7 Å². The van der Waals surface area contributed by atoms with Crippen LogP contribution in [0.2, 0.25) is 0 Å². The largest absolute Gasteiger partial charge is 0.373 e. The molecule has 1 aliphatic heterocycles. The van der Waals surface area contributed by atoms with Gasteiger partial charge in [0, 0.05) is 19.1 Å². The van der Waals surface area contributed by atoms with Crippen molar-refractivity contribution in [3.05, 3.63) is 34.1 Å². The van der Waals surface area contributed by atoms with Crippen LogP contribution in [0.3, 0.4) is 0 Å². The normalized spacial score (nSPS) is 23.5. The summed E-state index contributed by atoms with van der Waals surface area (Å²) in [6.07, 6.45) is 3.49. The highest BCUT2D eigenvalue weighted by atomic mass is 79.9. The molecule has 106 valence electrons. The maximum absolute atomic E-state index is 13.3. The minimum Gasteiger partial charge on any atom is -0.373 e. The second-order valence-electron chi connectivity index (χ2n) is 5.07. The topological polar surface area (TPSA) is 21.3 Å². The van der Waals surface area contributed by atoms with Crippen LogP contribution < -0.4 is 5.32 Å². The zero-order valence-corrected chi connectivity index (χ0v) is 12.9. The molecule has 1 heterocycles. The van der Waals surface area contributed by atoms with E-state index in [1.807, 2.05) is 12.1 Å². The molecule has 0 saturated carbocycles. The molecule has 2 rings (SSSR count). The summed E-state index contributed by atoms with van der Waals surface area (Å²) in [5.74, 6) is 0.248. The van der Waals surface area contributed by atoms with Gasteiger partial charge in [0.25, 0.3) is 0 Å². The Balaban J connectivity index is 2.07. The lowest BCUT2D eigenvalue weighted by atomic mass is 9.89. The Bertz CT molecular complexity index is 413. The summed E-state index contributed by atoms with van der Waals surface area (Å²) >= 11 is 3.25. The number of nitrogens with one attached hydrogen (secondary N) is 1. The Morgan fingerprint density at radius 1 is 1.47 bits per heavy atom. The molecule has 0 radical (unpaired) electrons. The van der Waals surface area contributed by atoms with Crippen LogP contribution in [0.1, 0.15) is 37.9 Å². The zero-order valence-electron chi connectivity index (χ0n) is 11.3. The monoisotopic (exact) mass is 329 g/mol. The Hall–Kier alpha value is -0.450. The first-order valence-corrected chi connectivity index (χ1v) is 7.79. The van der Waals surface area contributed by atoms with E-state index in [0.717, 1.165) is 44.5 Å². The predicted octanol–water partition coefficient (Wildman–Crippen LogP) is 4.06. The van der Waals surface area contributed by atoms with E-state index in [2.05, 4.69) is 28.2 Å². The smallest absolute Gasteiger partial charge is 0.137 e. The maximum atomic E-state index is 13.3. The fourth-order valence-electron chi connectivity index (χ4n) is 2.57. The summed E-state index contributed by atoms with van der Waals surface area (Å²) in [5, 5.41) is 3.46. The van der Waals surface area contributed by atoms with Crippen molar-refractivity contribution >= 4 is 15.9 Å². The second-order valence-corrected chi connectivity index (χ2v) is 5.93. The summed E-state index contributed by atoms with van der Waals surface area (Å²) in [5.41, 5.74) is 1.07. The Kier molecular flexibility index (Phi) is 5.79. The Morgan fingerprint density at radius 2 is 2.32 bits per heavy atom. The third-order valence-corrected chi connectivity index (χ3v) is 4.16. The summed E-state index contributed by atoms with van der Waals surface area (Å²) in [7, 11) is 0. The third kappa shape index (κ3) is 4.01. The molecule has 4 heteroatoms. The van der Waals surface area contributed by atoms with Gasteiger partial charge in [-0.2, -0.15) is 0 Å². The van der Waals surface area contributed by atoms with Crippen molar-refractivity contribution in [2.75, 3.05) is 19.7 Å². The fourth-order valence-corrected chi connectivity index (χ4v) is 2.97. The second kappa shape index (κ2) is 7.36. The zero-order chi connectivity index (χ0) is 13.7. The van der Waals surface area contributed by atoms with Gasteiger partial charge >= 0.3 is 0 Å². The van der Waals surface area contributed by atoms with E-state index in [-0.39, 0.29) is 11.9 Å². The average Bonchev–Trinajstić information content (AvgIpc) is 2.43. The lowest BCUT2D eigenvalue weighted by Crippen LogP contribution is -2.32. The van der Waals surface area contributed by atoms with Crippen molar-refractivity contribution in [3.8, 4) is 0 Å². The van der Waals surface area contributed by atoms with Crippen molar-refractivity contribution < 1.29 is 9.13 Å². The maximum Gasteiger partial charge on any atom is 0.137 e. The molecule has 1 N–H and O–H groups in total. The molecule has 19 heavy (non-hydrogen) atoms. The van der Waals surface area contributed by atoms with Gasteiger partial charge in [-0.3, -0.25) is 0 Å². The Labute approximate surface area is 122 Å². The van der Waals surface area contributed by atoms with Gasteiger partial charge < -0.3 is 10.1 Å². The molecular formula is C15H21BrFNO. The summed E-state index contributed by atoms with van der Waals surface area (Å²) in [6, 6.07) is 5.19. The molecule has 0 aliphatic carbocycles. The molecule has 1 aliphatic rings. The molecule has 1 fully saturated rings. The summed E-state index contributed by atoms with van der Waals surface area (Å²) in [6.45, 7) is 4.96. The van der Waals surface area contributed by atoms with Crippen LogP contribution in [0.25, 0.3) is 0 Å². The lowest BCUT2D eigenvalue weighted by Gasteiger charge is -2.32. The highest BCUT2D eigenvalue weighted by Crippen LogP contribution is 2.34. The minimum absolute atomic E-state index is 0.0787. The SMILES string of the molecule is CCCNCC1CCCOC1c1ccc(F)c(Br)c1. The van der Waals surface area contributed by atoms with Crippen molar-refractivity contribution in [2.45, 2.75) is 32.3 Å². The lowest BCUT2D eigenvalue weighted by molar-refractivity contribution is -0.0277. The first kappa shape index (κ1) is 14.9. The molecule has 2 unspecified atom stereocenters. The fraction of sp³-hybridized carbons (Fsp3) is 0.600. The van der Waals surface area contributed by atoms with Gasteiger partial charge in [-0.1, -0.05) is 13.0 Å². The molecule has 0 aromatic heterocycles. The molecule has 2 nitrogen and oxygen atoms in total. The van der Waals surface area contributed by atoms with E-state index >= 15 is 0 Å².